The highest BCUT2D eigenvalue weighted by atomic mass is 16.1. The summed E-state index contributed by atoms with van der Waals surface area (Å²) in [5, 5.41) is 2.49. The predicted octanol–water partition coefficient (Wildman–Crippen LogP) is 0.492. The molecule has 0 amide bonds. The van der Waals surface area contributed by atoms with Gasteiger partial charge in [-0.2, -0.15) is 0 Å². The van der Waals surface area contributed by atoms with Gasteiger partial charge in [0.15, 0.2) is 22.4 Å². The largest absolute Gasteiger partial charge is 0.311 e. The molecular formula is C46H19B3N2O4. The second kappa shape index (κ2) is 8.53. The Hall–Kier alpha value is -6.99. The number of carbonyl (C=O) groups is 2. The van der Waals surface area contributed by atoms with E-state index >= 15 is 0 Å². The SMILES string of the molecule is O=C1c2ccccc2B2c3cc4c5c6c3-n3c7c(cccc7c(=O)c7ccc1c2c73)B6c1cccc2c(=O)c3ccc6c(c3n-5c12)B4c1ccccc1C6=O. The molecule has 55 heavy (non-hydrogen) atoms. The van der Waals surface area contributed by atoms with E-state index in [1.54, 1.807) is 0 Å². The summed E-state index contributed by atoms with van der Waals surface area (Å²) in [5.41, 5.74) is 16.9. The Labute approximate surface area is 311 Å². The second-order valence-electron chi connectivity index (χ2n) is 16.0. The standard InChI is InChI=1S/C46H19B3N2O4/c52-43-20-7-1-3-11-28(20)47-32-19-33-42-36-41(32)50-37-24(45(54)26-17-15-22(43)34(47)39(26)50)9-5-13-30(37)49(36)31-14-6-10-25-38(31)51(42)40-27(46(25)55)18-16-23-35(40)48(33)29-12-4-2-8-21(29)44(23)53/h1-19H. The van der Waals surface area contributed by atoms with Crippen LogP contribution in [0, 0.1) is 0 Å². The number of pyridine rings is 2. The first kappa shape index (κ1) is 27.6. The number of carbonyl (C=O) groups excluding carboxylic acids is 2. The lowest BCUT2D eigenvalue weighted by atomic mass is 9.25. The molecule has 6 aliphatic rings. The predicted molar refractivity (Wildman–Crippen MR) is 221 cm³/mol. The Morgan fingerprint density at radius 3 is 1.25 bits per heavy atom. The molecule has 0 fully saturated rings. The maximum atomic E-state index is 14.7. The minimum absolute atomic E-state index is 0.0286. The van der Waals surface area contributed by atoms with Crippen molar-refractivity contribution in [3.63, 3.8) is 0 Å². The lowest BCUT2D eigenvalue weighted by Crippen LogP contribution is -2.72. The number of hydrogen-bond acceptors (Lipinski definition) is 4. The Kier molecular flexibility index (Phi) is 4.28. The summed E-state index contributed by atoms with van der Waals surface area (Å²) in [6.07, 6.45) is 0. The van der Waals surface area contributed by atoms with E-state index in [4.69, 9.17) is 0 Å². The molecule has 15 rings (SSSR count). The van der Waals surface area contributed by atoms with Gasteiger partial charge in [0.25, 0.3) is 6.71 Å². The lowest BCUT2D eigenvalue weighted by molar-refractivity contribution is 0.103. The second-order valence-corrected chi connectivity index (χ2v) is 16.0. The quantitative estimate of drug-likeness (QED) is 0.171. The molecule has 8 heterocycles. The van der Waals surface area contributed by atoms with Crippen molar-refractivity contribution in [1.82, 2.24) is 9.13 Å². The van der Waals surface area contributed by atoms with Crippen LogP contribution in [0.4, 0.5) is 0 Å². The van der Waals surface area contributed by atoms with Gasteiger partial charge in [-0.1, -0.05) is 102 Å². The van der Waals surface area contributed by atoms with Gasteiger partial charge in [-0.3, -0.25) is 19.2 Å². The first-order valence-electron chi connectivity index (χ1n) is 18.8. The number of fused-ring (bicyclic) bond motifs is 8. The van der Waals surface area contributed by atoms with Gasteiger partial charge < -0.3 is 9.13 Å². The zero-order valence-corrected chi connectivity index (χ0v) is 28.7. The van der Waals surface area contributed by atoms with Gasteiger partial charge in [0.2, 0.25) is 13.4 Å². The number of nitrogens with zero attached hydrogens (tertiary/aromatic N) is 2. The van der Waals surface area contributed by atoms with Gasteiger partial charge in [-0.05, 0) is 62.5 Å². The van der Waals surface area contributed by atoms with E-state index in [0.29, 0.717) is 43.8 Å². The highest BCUT2D eigenvalue weighted by Crippen LogP contribution is 2.37. The smallest absolute Gasteiger partial charge is 0.252 e. The molecule has 9 heteroatoms. The third-order valence-corrected chi connectivity index (χ3v) is 13.9. The molecule has 0 N–H and O–H groups in total. The third-order valence-electron chi connectivity index (χ3n) is 13.9. The molecule has 0 saturated carbocycles. The fourth-order valence-electron chi connectivity index (χ4n) is 12.0. The van der Waals surface area contributed by atoms with Crippen LogP contribution in [-0.2, 0) is 0 Å². The summed E-state index contributed by atoms with van der Waals surface area (Å²) in [4.78, 5) is 58.2. The van der Waals surface area contributed by atoms with Crippen LogP contribution in [0.1, 0.15) is 31.8 Å². The van der Waals surface area contributed by atoms with E-state index in [9.17, 15) is 19.2 Å². The van der Waals surface area contributed by atoms with Crippen molar-refractivity contribution in [2.75, 3.05) is 0 Å². The Balaban J connectivity index is 1.27. The number of ketones is 2. The molecule has 9 aromatic rings. The maximum absolute atomic E-state index is 14.7. The van der Waals surface area contributed by atoms with E-state index in [2.05, 4.69) is 39.5 Å². The van der Waals surface area contributed by atoms with Crippen molar-refractivity contribution in [1.29, 1.82) is 0 Å². The minimum atomic E-state index is -0.310. The Morgan fingerprint density at radius 2 is 0.764 bits per heavy atom. The third kappa shape index (κ3) is 2.67. The van der Waals surface area contributed by atoms with E-state index in [1.165, 1.54) is 0 Å². The number of rotatable bonds is 0. The molecule has 0 bridgehead atoms. The first-order chi connectivity index (χ1) is 27.0. The van der Waals surface area contributed by atoms with E-state index in [-0.39, 0.29) is 42.6 Å². The molecule has 6 nitrogen and oxygen atoms in total. The van der Waals surface area contributed by atoms with Gasteiger partial charge in [0.05, 0.1) is 22.1 Å². The molecule has 2 aromatic heterocycles. The Morgan fingerprint density at radius 1 is 0.345 bits per heavy atom. The van der Waals surface area contributed by atoms with E-state index in [0.717, 1.165) is 82.6 Å². The number of para-hydroxylation sites is 2. The van der Waals surface area contributed by atoms with Crippen LogP contribution < -0.4 is 60.0 Å². The zero-order chi connectivity index (χ0) is 35.9. The normalized spacial score (nSPS) is 15.0. The molecule has 0 aliphatic carbocycles. The Bertz CT molecular complexity index is 3490. The zero-order valence-electron chi connectivity index (χ0n) is 28.7. The molecule has 0 radical (unpaired) electrons. The van der Waals surface area contributed by atoms with Gasteiger partial charge in [-0.15, -0.1) is 0 Å². The van der Waals surface area contributed by atoms with Crippen LogP contribution >= 0.6 is 0 Å². The molecule has 0 saturated heterocycles. The first-order valence-corrected chi connectivity index (χ1v) is 18.8. The molecule has 0 unspecified atom stereocenters. The van der Waals surface area contributed by atoms with Gasteiger partial charge in [0.1, 0.15) is 0 Å². The van der Waals surface area contributed by atoms with Crippen molar-refractivity contribution in [2.45, 2.75) is 0 Å². The minimum Gasteiger partial charge on any atom is -0.311 e. The summed E-state index contributed by atoms with van der Waals surface area (Å²) in [6, 6.07) is 37.8. The highest BCUT2D eigenvalue weighted by molar-refractivity contribution is 7.07. The van der Waals surface area contributed by atoms with E-state index < -0.39 is 0 Å². The molecule has 0 spiro atoms. The van der Waals surface area contributed by atoms with Crippen LogP contribution in [0.3, 0.4) is 0 Å². The fourth-order valence-corrected chi connectivity index (χ4v) is 12.0. The monoisotopic (exact) mass is 696 g/mol. The molecule has 0 atom stereocenters. The summed E-state index contributed by atoms with van der Waals surface area (Å²) in [7, 11) is 0. The fraction of sp³-hybridized carbons (Fsp3) is 0. The molecule has 6 aliphatic heterocycles. The summed E-state index contributed by atoms with van der Waals surface area (Å²) in [5.74, 6) is -0.0573. The van der Waals surface area contributed by atoms with Gasteiger partial charge in [0, 0.05) is 55.2 Å². The summed E-state index contributed by atoms with van der Waals surface area (Å²) >= 11 is 0. The van der Waals surface area contributed by atoms with Crippen molar-refractivity contribution in [3.8, 4) is 11.4 Å². The average Bonchev–Trinajstić information content (AvgIpc) is 3.22. The molecule has 7 aromatic carbocycles. The highest BCUT2D eigenvalue weighted by Gasteiger charge is 2.52. The van der Waals surface area contributed by atoms with Crippen LogP contribution in [-0.4, -0.2) is 40.8 Å². The van der Waals surface area contributed by atoms with Crippen molar-refractivity contribution < 1.29 is 9.59 Å². The van der Waals surface area contributed by atoms with Crippen molar-refractivity contribution >= 4 is 124 Å². The summed E-state index contributed by atoms with van der Waals surface area (Å²) in [6.45, 7) is -0.898. The van der Waals surface area contributed by atoms with Gasteiger partial charge in [-0.25, -0.2) is 0 Å². The lowest BCUT2D eigenvalue weighted by Gasteiger charge is -2.45. The molecule has 246 valence electrons. The number of benzene rings is 7. The number of hydrogen-bond donors (Lipinski definition) is 0. The average molecular weight is 696 g/mol. The van der Waals surface area contributed by atoms with Crippen LogP contribution in [0.5, 0.6) is 0 Å². The van der Waals surface area contributed by atoms with Gasteiger partial charge >= 0.3 is 0 Å². The van der Waals surface area contributed by atoms with Crippen LogP contribution in [0.2, 0.25) is 0 Å². The van der Waals surface area contributed by atoms with E-state index in [1.807, 2.05) is 84.9 Å². The van der Waals surface area contributed by atoms with Crippen molar-refractivity contribution in [3.05, 3.63) is 158 Å². The molecular weight excluding hydrogens is 677 g/mol. The van der Waals surface area contributed by atoms with Crippen LogP contribution in [0.25, 0.3) is 55.0 Å². The van der Waals surface area contributed by atoms with Crippen molar-refractivity contribution in [2.24, 2.45) is 0 Å². The topological polar surface area (TPSA) is 78.1 Å². The maximum Gasteiger partial charge on any atom is 0.252 e. The summed E-state index contributed by atoms with van der Waals surface area (Å²) < 4.78 is 4.63. The number of aromatic nitrogens is 2. The van der Waals surface area contributed by atoms with Crippen LogP contribution in [0.15, 0.2) is 125 Å².